The van der Waals surface area contributed by atoms with Gasteiger partial charge < -0.3 is 10.1 Å². The Morgan fingerprint density at radius 3 is 2.74 bits per heavy atom. The molecular weight excluding hydrogens is 306 g/mol. The van der Waals surface area contributed by atoms with Gasteiger partial charge in [-0.1, -0.05) is 42.6 Å². The number of ether oxygens (including phenoxy) is 1. The number of carbonyl (C=O) groups excluding carboxylic acids is 1. The molecule has 0 aromatic heterocycles. The summed E-state index contributed by atoms with van der Waals surface area (Å²) in [4.78, 5) is 11.8. The summed E-state index contributed by atoms with van der Waals surface area (Å²) in [7, 11) is 1.44. The molecule has 0 heterocycles. The van der Waals surface area contributed by atoms with Crippen LogP contribution in [0, 0.1) is 0 Å². The minimum absolute atomic E-state index is 0.196. The van der Waals surface area contributed by atoms with Crippen LogP contribution in [0.25, 0.3) is 0 Å². The first-order valence-electron chi connectivity index (χ1n) is 6.75. The molecule has 1 unspecified atom stereocenters. The van der Waals surface area contributed by atoms with Crippen molar-refractivity contribution in [2.24, 2.45) is 0 Å². The van der Waals surface area contributed by atoms with Crippen molar-refractivity contribution in [3.63, 3.8) is 0 Å². The van der Waals surface area contributed by atoms with Crippen LogP contribution < -0.4 is 5.32 Å². The Kier molecular flexibility index (Phi) is 6.92. The van der Waals surface area contributed by atoms with E-state index in [1.165, 1.54) is 12.7 Å². The second-order valence-electron chi connectivity index (χ2n) is 4.52. The smallest absolute Gasteiger partial charge is 0.328 e. The fourth-order valence-electron chi connectivity index (χ4n) is 1.98. The number of benzene rings is 1. The second kappa shape index (κ2) is 8.20. The average molecular weight is 328 g/mol. The summed E-state index contributed by atoms with van der Waals surface area (Å²) in [6.07, 6.45) is 3.78. The van der Waals surface area contributed by atoms with E-state index in [-0.39, 0.29) is 12.0 Å². The number of methoxy groups -OCH3 is 1. The normalized spacial score (nSPS) is 12.0. The molecule has 0 fully saturated rings. The van der Waals surface area contributed by atoms with Crippen LogP contribution in [0.15, 0.2) is 22.7 Å². The van der Waals surface area contributed by atoms with Crippen LogP contribution in [0.1, 0.15) is 38.7 Å². The van der Waals surface area contributed by atoms with E-state index >= 15 is 0 Å². The predicted octanol–water partition coefficient (Wildman–Crippen LogP) is 4.16. The van der Waals surface area contributed by atoms with Gasteiger partial charge >= 0.3 is 5.97 Å². The maximum absolute atomic E-state index is 11.8. The molecule has 106 valence electrons. The maximum Gasteiger partial charge on any atom is 0.328 e. The Labute approximate surface area is 123 Å². The minimum atomic E-state index is -0.267. The van der Waals surface area contributed by atoms with E-state index < -0.39 is 0 Å². The summed E-state index contributed by atoms with van der Waals surface area (Å²) in [5.41, 5.74) is 2.21. The van der Waals surface area contributed by atoms with Gasteiger partial charge in [-0.05, 0) is 36.6 Å². The topological polar surface area (TPSA) is 38.3 Å². The Hall–Kier alpha value is -1.03. The molecule has 0 saturated heterocycles. The molecule has 1 aromatic rings. The molecule has 4 heteroatoms. The van der Waals surface area contributed by atoms with Crippen molar-refractivity contribution in [3.8, 4) is 0 Å². The molecule has 0 saturated carbocycles. The van der Waals surface area contributed by atoms with Gasteiger partial charge in [-0.2, -0.15) is 0 Å². The Bertz CT molecular complexity index is 421. The van der Waals surface area contributed by atoms with Gasteiger partial charge in [0.15, 0.2) is 0 Å². The zero-order valence-corrected chi connectivity index (χ0v) is 13.4. The molecule has 1 rings (SSSR count). The largest absolute Gasteiger partial charge is 0.467 e. The van der Waals surface area contributed by atoms with Crippen LogP contribution in [0.5, 0.6) is 0 Å². The highest BCUT2D eigenvalue weighted by atomic mass is 79.9. The van der Waals surface area contributed by atoms with Gasteiger partial charge in [-0.3, -0.25) is 0 Å². The number of esters is 1. The molecule has 19 heavy (non-hydrogen) atoms. The average Bonchev–Trinajstić information content (AvgIpc) is 2.43. The Morgan fingerprint density at radius 2 is 2.16 bits per heavy atom. The van der Waals surface area contributed by atoms with Crippen molar-refractivity contribution in [1.29, 1.82) is 0 Å². The number of anilines is 1. The highest BCUT2D eigenvalue weighted by Crippen LogP contribution is 2.23. The fraction of sp³-hybridized carbons (Fsp3) is 0.533. The van der Waals surface area contributed by atoms with Gasteiger partial charge in [0.2, 0.25) is 0 Å². The number of hydrogen-bond donors (Lipinski definition) is 1. The summed E-state index contributed by atoms with van der Waals surface area (Å²) in [6.45, 7) is 4.22. The van der Waals surface area contributed by atoms with Crippen LogP contribution in [0.4, 0.5) is 5.69 Å². The summed E-state index contributed by atoms with van der Waals surface area (Å²) in [6, 6.07) is 5.80. The molecule has 0 aliphatic heterocycles. The molecule has 0 spiro atoms. The first kappa shape index (κ1) is 16.0. The van der Waals surface area contributed by atoms with Gasteiger partial charge in [0.1, 0.15) is 6.04 Å². The molecule has 0 radical (unpaired) electrons. The maximum atomic E-state index is 11.8. The van der Waals surface area contributed by atoms with Crippen LogP contribution in [0.3, 0.4) is 0 Å². The first-order valence-corrected chi connectivity index (χ1v) is 7.54. The van der Waals surface area contributed by atoms with Gasteiger partial charge in [-0.15, -0.1) is 0 Å². The number of unbranched alkanes of at least 4 members (excludes halogenated alkanes) is 1. The summed E-state index contributed by atoms with van der Waals surface area (Å²) in [5, 5.41) is 3.32. The van der Waals surface area contributed by atoms with Crippen LogP contribution >= 0.6 is 15.9 Å². The molecular formula is C15H22BrNO2. The van der Waals surface area contributed by atoms with Crippen LogP contribution in [-0.4, -0.2) is 19.1 Å². The number of rotatable bonds is 7. The molecule has 0 bridgehead atoms. The van der Waals surface area contributed by atoms with Gasteiger partial charge in [0, 0.05) is 10.2 Å². The second-order valence-corrected chi connectivity index (χ2v) is 5.43. The van der Waals surface area contributed by atoms with Crippen molar-refractivity contribution >= 4 is 27.6 Å². The van der Waals surface area contributed by atoms with E-state index in [9.17, 15) is 4.79 Å². The third-order valence-electron chi connectivity index (χ3n) is 3.11. The molecule has 3 nitrogen and oxygen atoms in total. The van der Waals surface area contributed by atoms with Crippen molar-refractivity contribution < 1.29 is 9.53 Å². The molecule has 0 aliphatic rings. The minimum Gasteiger partial charge on any atom is -0.467 e. The third kappa shape index (κ3) is 4.86. The fourth-order valence-corrected chi connectivity index (χ4v) is 2.39. The summed E-state index contributed by atoms with van der Waals surface area (Å²) in [5.74, 6) is -0.196. The molecule has 0 amide bonds. The van der Waals surface area contributed by atoms with E-state index in [1.54, 1.807) is 0 Å². The highest BCUT2D eigenvalue weighted by Gasteiger charge is 2.19. The number of aryl methyl sites for hydroxylation is 1. The van der Waals surface area contributed by atoms with Crippen molar-refractivity contribution in [3.05, 3.63) is 28.2 Å². The zero-order chi connectivity index (χ0) is 14.3. The lowest BCUT2D eigenvalue weighted by atomic mass is 10.1. The number of carbonyl (C=O) groups is 1. The lowest BCUT2D eigenvalue weighted by Crippen LogP contribution is -2.31. The van der Waals surface area contributed by atoms with E-state index in [1.807, 2.05) is 12.1 Å². The van der Waals surface area contributed by atoms with Crippen molar-refractivity contribution in [2.75, 3.05) is 12.4 Å². The van der Waals surface area contributed by atoms with Crippen LogP contribution in [0.2, 0.25) is 0 Å². The SMILES string of the molecule is CCCCC(Nc1ccc(Br)cc1CC)C(=O)OC. The van der Waals surface area contributed by atoms with Gasteiger partial charge in [0.25, 0.3) is 0 Å². The predicted molar refractivity (Wildman–Crippen MR) is 82.5 cm³/mol. The number of nitrogens with one attached hydrogen (secondary N) is 1. The molecule has 1 aromatic carbocycles. The van der Waals surface area contributed by atoms with Crippen molar-refractivity contribution in [1.82, 2.24) is 0 Å². The van der Waals surface area contributed by atoms with Crippen molar-refractivity contribution in [2.45, 2.75) is 45.6 Å². The molecule has 1 N–H and O–H groups in total. The van der Waals surface area contributed by atoms with E-state index in [2.05, 4.69) is 41.2 Å². The third-order valence-corrected chi connectivity index (χ3v) is 3.60. The number of halogens is 1. The van der Waals surface area contributed by atoms with Gasteiger partial charge in [-0.25, -0.2) is 4.79 Å². The first-order chi connectivity index (χ1) is 9.12. The molecule has 1 atom stereocenters. The number of hydrogen-bond acceptors (Lipinski definition) is 3. The lowest BCUT2D eigenvalue weighted by Gasteiger charge is -2.19. The highest BCUT2D eigenvalue weighted by molar-refractivity contribution is 9.10. The zero-order valence-electron chi connectivity index (χ0n) is 11.8. The Morgan fingerprint density at radius 1 is 1.42 bits per heavy atom. The van der Waals surface area contributed by atoms with E-state index in [0.29, 0.717) is 0 Å². The lowest BCUT2D eigenvalue weighted by molar-refractivity contribution is -0.141. The standard InChI is InChI=1S/C15H22BrNO2/c1-4-6-7-14(15(18)19-3)17-13-9-8-12(16)10-11(13)5-2/h8-10,14,17H,4-7H2,1-3H3. The quantitative estimate of drug-likeness (QED) is 0.764. The summed E-state index contributed by atoms with van der Waals surface area (Å²) >= 11 is 3.47. The van der Waals surface area contributed by atoms with Crippen LogP contribution in [-0.2, 0) is 16.0 Å². The molecule has 0 aliphatic carbocycles. The monoisotopic (exact) mass is 327 g/mol. The Balaban J connectivity index is 2.85. The van der Waals surface area contributed by atoms with E-state index in [4.69, 9.17) is 4.74 Å². The van der Waals surface area contributed by atoms with E-state index in [0.717, 1.165) is 35.8 Å². The summed E-state index contributed by atoms with van der Waals surface area (Å²) < 4.78 is 5.92. The van der Waals surface area contributed by atoms with Gasteiger partial charge in [0.05, 0.1) is 7.11 Å².